The number of hydrogen-bond donors (Lipinski definition) is 1. The molecule has 0 radical (unpaired) electrons. The van der Waals surface area contributed by atoms with Crippen LogP contribution in [0.25, 0.3) is 28.2 Å². The maximum atomic E-state index is 13.6. The third kappa shape index (κ3) is 6.34. The van der Waals surface area contributed by atoms with Crippen molar-refractivity contribution < 1.29 is 14.3 Å². The molecule has 4 aromatic rings. The van der Waals surface area contributed by atoms with E-state index in [-0.39, 0.29) is 17.5 Å². The van der Waals surface area contributed by atoms with Gasteiger partial charge in [-0.05, 0) is 90.6 Å². The lowest BCUT2D eigenvalue weighted by Crippen LogP contribution is -2.31. The standard InChI is InChI=1S/C33H37FN2O2/c1-4-6-20-35(21-7-5-2)32(38)19-12-25-8-10-26(11-9-25)23-36-31-18-17-29(37)22-30(31)24(3)33(36)27-13-15-28(34)16-14-27/h8-19,22,37H,4-7,20-21,23H2,1-3H3. The number of fused-ring (bicyclic) bond motifs is 1. The van der Waals surface area contributed by atoms with Gasteiger partial charge in [0.1, 0.15) is 11.6 Å². The number of halogens is 1. The number of aryl methyl sites for hydroxylation is 1. The molecule has 0 atom stereocenters. The van der Waals surface area contributed by atoms with Gasteiger partial charge in [-0.1, -0.05) is 51.0 Å². The van der Waals surface area contributed by atoms with Crippen molar-refractivity contribution in [2.75, 3.05) is 13.1 Å². The van der Waals surface area contributed by atoms with Gasteiger partial charge in [-0.15, -0.1) is 0 Å². The molecule has 0 saturated carbocycles. The van der Waals surface area contributed by atoms with Crippen LogP contribution in [0, 0.1) is 12.7 Å². The summed E-state index contributed by atoms with van der Waals surface area (Å²) in [4.78, 5) is 14.7. The van der Waals surface area contributed by atoms with E-state index in [1.807, 2.05) is 36.1 Å². The summed E-state index contributed by atoms with van der Waals surface area (Å²) in [6.45, 7) is 8.54. The van der Waals surface area contributed by atoms with Crippen molar-refractivity contribution in [3.05, 3.63) is 95.3 Å². The molecule has 38 heavy (non-hydrogen) atoms. The molecule has 1 amide bonds. The Morgan fingerprint density at radius 3 is 2.24 bits per heavy atom. The van der Waals surface area contributed by atoms with Gasteiger partial charge in [-0.25, -0.2) is 4.39 Å². The summed E-state index contributed by atoms with van der Waals surface area (Å²) in [5, 5.41) is 11.1. The van der Waals surface area contributed by atoms with Gasteiger partial charge in [0, 0.05) is 36.6 Å². The molecule has 0 aliphatic rings. The lowest BCUT2D eigenvalue weighted by molar-refractivity contribution is -0.126. The van der Waals surface area contributed by atoms with Gasteiger partial charge in [0.05, 0.1) is 5.69 Å². The molecule has 0 saturated heterocycles. The molecule has 3 aromatic carbocycles. The number of hydrogen-bond acceptors (Lipinski definition) is 2. The van der Waals surface area contributed by atoms with Crippen molar-refractivity contribution in [1.29, 1.82) is 0 Å². The lowest BCUT2D eigenvalue weighted by atomic mass is 10.1. The first-order valence-corrected chi connectivity index (χ1v) is 13.5. The second kappa shape index (κ2) is 12.6. The minimum Gasteiger partial charge on any atom is -0.508 e. The molecule has 0 fully saturated rings. The zero-order valence-electron chi connectivity index (χ0n) is 22.6. The monoisotopic (exact) mass is 512 g/mol. The number of phenols is 1. The topological polar surface area (TPSA) is 45.5 Å². The summed E-state index contributed by atoms with van der Waals surface area (Å²) in [5.41, 5.74) is 6.05. The Labute approximate surface area is 225 Å². The Balaban J connectivity index is 1.58. The molecule has 0 aliphatic carbocycles. The second-order valence-corrected chi connectivity index (χ2v) is 9.88. The van der Waals surface area contributed by atoms with Gasteiger partial charge in [0.15, 0.2) is 0 Å². The van der Waals surface area contributed by atoms with Gasteiger partial charge in [-0.3, -0.25) is 4.79 Å². The van der Waals surface area contributed by atoms with Crippen LogP contribution < -0.4 is 0 Å². The van der Waals surface area contributed by atoms with E-state index in [2.05, 4.69) is 30.5 Å². The number of phenolic OH excluding ortho intramolecular Hbond substituents is 1. The molecule has 198 valence electrons. The molecule has 0 spiro atoms. The summed E-state index contributed by atoms with van der Waals surface area (Å²) < 4.78 is 15.9. The summed E-state index contributed by atoms with van der Waals surface area (Å²) >= 11 is 0. The van der Waals surface area contributed by atoms with E-state index >= 15 is 0 Å². The third-order valence-electron chi connectivity index (χ3n) is 7.03. The highest BCUT2D eigenvalue weighted by molar-refractivity contribution is 5.93. The zero-order chi connectivity index (χ0) is 27.1. The Bertz CT molecular complexity index is 1390. The fourth-order valence-electron chi connectivity index (χ4n) is 4.87. The average molecular weight is 513 g/mol. The summed E-state index contributed by atoms with van der Waals surface area (Å²) in [6, 6.07) is 20.2. The first kappa shape index (κ1) is 27.2. The number of rotatable bonds is 11. The number of aromatic nitrogens is 1. The van der Waals surface area contributed by atoms with Crippen LogP contribution >= 0.6 is 0 Å². The molecule has 1 aromatic heterocycles. The van der Waals surface area contributed by atoms with Crippen molar-refractivity contribution in [2.45, 2.75) is 53.0 Å². The molecule has 0 unspecified atom stereocenters. The smallest absolute Gasteiger partial charge is 0.246 e. The zero-order valence-corrected chi connectivity index (χ0v) is 22.6. The van der Waals surface area contributed by atoms with Crippen LogP contribution in [0.3, 0.4) is 0 Å². The van der Waals surface area contributed by atoms with E-state index in [0.717, 1.165) is 77.6 Å². The highest BCUT2D eigenvalue weighted by Gasteiger charge is 2.17. The van der Waals surface area contributed by atoms with Crippen molar-refractivity contribution in [2.24, 2.45) is 0 Å². The van der Waals surface area contributed by atoms with Crippen LogP contribution in [-0.2, 0) is 11.3 Å². The normalized spacial score (nSPS) is 11.5. The van der Waals surface area contributed by atoms with Crippen molar-refractivity contribution in [3.8, 4) is 17.0 Å². The van der Waals surface area contributed by atoms with Crippen LogP contribution in [-0.4, -0.2) is 33.6 Å². The van der Waals surface area contributed by atoms with Crippen LogP contribution in [0.4, 0.5) is 4.39 Å². The first-order chi connectivity index (χ1) is 18.4. The van der Waals surface area contributed by atoms with Gasteiger partial charge in [0.25, 0.3) is 0 Å². The average Bonchev–Trinajstić information content (AvgIpc) is 3.19. The van der Waals surface area contributed by atoms with E-state index in [4.69, 9.17) is 0 Å². The van der Waals surface area contributed by atoms with Crippen LogP contribution in [0.2, 0.25) is 0 Å². The van der Waals surface area contributed by atoms with Crippen LogP contribution in [0.5, 0.6) is 5.75 Å². The fraction of sp³-hybridized carbons (Fsp3) is 0.303. The van der Waals surface area contributed by atoms with Crippen molar-refractivity contribution >= 4 is 22.9 Å². The number of unbranched alkanes of at least 4 members (excludes halogenated alkanes) is 2. The highest BCUT2D eigenvalue weighted by atomic mass is 19.1. The Morgan fingerprint density at radius 2 is 1.61 bits per heavy atom. The molecule has 0 aliphatic heterocycles. The van der Waals surface area contributed by atoms with E-state index in [1.54, 1.807) is 30.3 Å². The van der Waals surface area contributed by atoms with Crippen molar-refractivity contribution in [3.63, 3.8) is 0 Å². The van der Waals surface area contributed by atoms with Gasteiger partial charge < -0.3 is 14.6 Å². The maximum Gasteiger partial charge on any atom is 0.246 e. The SMILES string of the molecule is CCCCN(CCCC)C(=O)C=Cc1ccc(Cn2c(-c3ccc(F)cc3)c(C)c3cc(O)ccc32)cc1. The van der Waals surface area contributed by atoms with Crippen LogP contribution in [0.15, 0.2) is 72.8 Å². The molecular weight excluding hydrogens is 475 g/mol. The van der Waals surface area contributed by atoms with E-state index in [0.29, 0.717) is 6.54 Å². The number of carbonyl (C=O) groups is 1. The Morgan fingerprint density at radius 1 is 0.947 bits per heavy atom. The maximum absolute atomic E-state index is 13.6. The van der Waals surface area contributed by atoms with Crippen LogP contribution in [0.1, 0.15) is 56.2 Å². The van der Waals surface area contributed by atoms with Gasteiger partial charge in [-0.2, -0.15) is 0 Å². The summed E-state index contributed by atoms with van der Waals surface area (Å²) in [6.07, 6.45) is 7.75. The number of aromatic hydroxyl groups is 1. The third-order valence-corrected chi connectivity index (χ3v) is 7.03. The number of carbonyl (C=O) groups excluding carboxylic acids is 1. The molecule has 4 nitrogen and oxygen atoms in total. The predicted molar refractivity (Wildman–Crippen MR) is 155 cm³/mol. The van der Waals surface area contributed by atoms with Crippen molar-refractivity contribution in [1.82, 2.24) is 9.47 Å². The largest absolute Gasteiger partial charge is 0.508 e. The Kier molecular flexibility index (Phi) is 9.01. The van der Waals surface area contributed by atoms with Gasteiger partial charge in [0.2, 0.25) is 5.91 Å². The number of nitrogens with zero attached hydrogens (tertiary/aromatic N) is 2. The Hall–Kier alpha value is -3.86. The quantitative estimate of drug-likeness (QED) is 0.207. The molecule has 1 N–H and O–H groups in total. The number of benzene rings is 3. The first-order valence-electron chi connectivity index (χ1n) is 13.5. The minimum absolute atomic E-state index is 0.0671. The molecule has 4 rings (SSSR count). The number of amides is 1. The molecule has 1 heterocycles. The summed E-state index contributed by atoms with van der Waals surface area (Å²) in [7, 11) is 0. The lowest BCUT2D eigenvalue weighted by Gasteiger charge is -2.20. The van der Waals surface area contributed by atoms with E-state index in [9.17, 15) is 14.3 Å². The summed E-state index contributed by atoms with van der Waals surface area (Å²) in [5.74, 6) is 0.0159. The predicted octanol–water partition coefficient (Wildman–Crippen LogP) is 7.95. The van der Waals surface area contributed by atoms with Gasteiger partial charge >= 0.3 is 0 Å². The minimum atomic E-state index is -0.271. The van der Waals surface area contributed by atoms with E-state index in [1.165, 1.54) is 12.1 Å². The molecule has 5 heteroatoms. The highest BCUT2D eigenvalue weighted by Crippen LogP contribution is 2.35. The molecule has 0 bridgehead atoms. The fourth-order valence-corrected chi connectivity index (χ4v) is 4.87. The molecular formula is C33H37FN2O2. The van der Waals surface area contributed by atoms with E-state index < -0.39 is 0 Å². The second-order valence-electron chi connectivity index (χ2n) is 9.88.